The van der Waals surface area contributed by atoms with Gasteiger partial charge in [0.25, 0.3) is 5.88 Å². The maximum Gasteiger partial charge on any atom is 0.280 e. The van der Waals surface area contributed by atoms with Gasteiger partial charge in [-0.2, -0.15) is 0 Å². The molecule has 0 N–H and O–H groups in total. The van der Waals surface area contributed by atoms with Crippen LogP contribution in [0.2, 0.25) is 5.02 Å². The number of hydrogen-bond donors (Lipinski definition) is 0. The third kappa shape index (κ3) is 1.07. The van der Waals surface area contributed by atoms with Crippen molar-refractivity contribution in [1.82, 2.24) is 5.16 Å². The van der Waals surface area contributed by atoms with Crippen LogP contribution < -0.4 is 0 Å². The van der Waals surface area contributed by atoms with Gasteiger partial charge in [0.2, 0.25) is 6.08 Å². The molecule has 0 amide bonds. The van der Waals surface area contributed by atoms with E-state index in [0.29, 0.717) is 5.69 Å². The van der Waals surface area contributed by atoms with Crippen LogP contribution in [0.5, 0.6) is 0 Å². The van der Waals surface area contributed by atoms with Crippen molar-refractivity contribution in [2.75, 3.05) is 0 Å². The fourth-order valence-electron chi connectivity index (χ4n) is 0.458. The van der Waals surface area contributed by atoms with Gasteiger partial charge in [-0.15, -0.1) is 4.99 Å². The summed E-state index contributed by atoms with van der Waals surface area (Å²) in [4.78, 5) is 12.9. The highest BCUT2D eigenvalue weighted by Crippen LogP contribution is 2.26. The Balaban J connectivity index is 3.17. The van der Waals surface area contributed by atoms with Gasteiger partial charge in [-0.05, 0) is 6.92 Å². The summed E-state index contributed by atoms with van der Waals surface area (Å²) in [5.41, 5.74) is 0.510. The Labute approximate surface area is 61.5 Å². The predicted octanol–water partition coefficient (Wildman–Crippen LogP) is 1.60. The Morgan fingerprint density at radius 1 is 1.80 bits per heavy atom. The number of aliphatic imine (C=N–C) groups is 1. The first kappa shape index (κ1) is 6.99. The van der Waals surface area contributed by atoms with E-state index in [4.69, 9.17) is 11.6 Å². The molecule has 0 spiro atoms. The Hall–Kier alpha value is -1.12. The lowest BCUT2D eigenvalue weighted by atomic mass is 10.5. The van der Waals surface area contributed by atoms with Gasteiger partial charge in [-0.25, -0.2) is 4.79 Å². The van der Waals surface area contributed by atoms with Crippen LogP contribution in [-0.2, 0) is 4.79 Å². The number of aromatic nitrogens is 1. The molecule has 5 heteroatoms. The van der Waals surface area contributed by atoms with Gasteiger partial charge < -0.3 is 4.52 Å². The summed E-state index contributed by atoms with van der Waals surface area (Å²) in [6.45, 7) is 1.65. The molecule has 0 radical (unpaired) electrons. The van der Waals surface area contributed by atoms with Crippen molar-refractivity contribution in [1.29, 1.82) is 0 Å². The first-order valence-corrected chi connectivity index (χ1v) is 2.83. The normalized spacial score (nSPS) is 9.00. The number of hydrogen-bond acceptors (Lipinski definition) is 4. The van der Waals surface area contributed by atoms with Crippen LogP contribution in [0.1, 0.15) is 5.69 Å². The third-order valence-electron chi connectivity index (χ3n) is 0.922. The van der Waals surface area contributed by atoms with Gasteiger partial charge in [0, 0.05) is 0 Å². The quantitative estimate of drug-likeness (QED) is 0.461. The molecule has 0 saturated heterocycles. The summed E-state index contributed by atoms with van der Waals surface area (Å²) in [5, 5.41) is 3.71. The molecular weight excluding hydrogens is 156 g/mol. The van der Waals surface area contributed by atoms with Gasteiger partial charge >= 0.3 is 0 Å². The number of aryl methyl sites for hydroxylation is 1. The van der Waals surface area contributed by atoms with Crippen LogP contribution in [-0.4, -0.2) is 11.2 Å². The van der Waals surface area contributed by atoms with Crippen LogP contribution in [0.25, 0.3) is 0 Å². The maximum atomic E-state index is 9.70. The highest BCUT2D eigenvalue weighted by atomic mass is 35.5. The summed E-state index contributed by atoms with van der Waals surface area (Å²) >= 11 is 5.56. The van der Waals surface area contributed by atoms with E-state index in [-0.39, 0.29) is 10.9 Å². The smallest absolute Gasteiger partial charge is 0.280 e. The zero-order valence-corrected chi connectivity index (χ0v) is 5.84. The van der Waals surface area contributed by atoms with Crippen molar-refractivity contribution in [3.05, 3.63) is 10.7 Å². The predicted molar refractivity (Wildman–Crippen MR) is 34.0 cm³/mol. The largest absolute Gasteiger partial charge is 0.334 e. The van der Waals surface area contributed by atoms with E-state index in [1.54, 1.807) is 6.92 Å². The van der Waals surface area contributed by atoms with Crippen LogP contribution in [0.3, 0.4) is 0 Å². The Morgan fingerprint density at radius 3 is 2.90 bits per heavy atom. The van der Waals surface area contributed by atoms with E-state index in [1.165, 1.54) is 6.08 Å². The lowest BCUT2D eigenvalue weighted by Gasteiger charge is -1.77. The topological polar surface area (TPSA) is 55.5 Å². The number of isocyanates is 1. The summed E-state index contributed by atoms with van der Waals surface area (Å²) in [6, 6.07) is 0. The molecule has 0 unspecified atom stereocenters. The lowest BCUT2D eigenvalue weighted by molar-refractivity contribution is 0.424. The van der Waals surface area contributed by atoms with Crippen LogP contribution in [0, 0.1) is 6.92 Å². The van der Waals surface area contributed by atoms with E-state index in [9.17, 15) is 4.79 Å². The Bertz CT molecular complexity index is 288. The van der Waals surface area contributed by atoms with Crippen LogP contribution in [0.15, 0.2) is 9.52 Å². The Morgan fingerprint density at radius 2 is 2.50 bits per heavy atom. The molecule has 0 saturated carbocycles. The highest BCUT2D eigenvalue weighted by molar-refractivity contribution is 6.33. The summed E-state index contributed by atoms with van der Waals surface area (Å²) in [6.07, 6.45) is 1.29. The Kier molecular flexibility index (Phi) is 1.85. The average molecular weight is 159 g/mol. The third-order valence-corrected chi connectivity index (χ3v) is 1.36. The van der Waals surface area contributed by atoms with Gasteiger partial charge in [0.1, 0.15) is 10.7 Å². The van der Waals surface area contributed by atoms with Crippen LogP contribution in [0.4, 0.5) is 5.88 Å². The minimum Gasteiger partial charge on any atom is -0.334 e. The molecular formula is C5H3ClN2O2. The fourth-order valence-corrected chi connectivity index (χ4v) is 0.569. The average Bonchev–Trinajstić information content (AvgIpc) is 2.20. The number of carbonyl (C=O) groups excluding carboxylic acids is 1. The van der Waals surface area contributed by atoms with Crippen molar-refractivity contribution in [3.8, 4) is 0 Å². The maximum absolute atomic E-state index is 9.70. The van der Waals surface area contributed by atoms with E-state index in [1.807, 2.05) is 0 Å². The number of rotatable bonds is 1. The minimum absolute atomic E-state index is 0.00849. The standard InChI is InChI=1S/C5H3ClN2O2/c1-3-4(6)5(7-2-9)10-8-3/h1H3. The van der Waals surface area contributed by atoms with E-state index < -0.39 is 0 Å². The molecule has 1 aromatic rings. The second-order valence-corrected chi connectivity index (χ2v) is 1.97. The van der Waals surface area contributed by atoms with E-state index in [2.05, 4.69) is 14.7 Å². The number of halogens is 1. The number of nitrogens with zero attached hydrogens (tertiary/aromatic N) is 2. The molecule has 0 fully saturated rings. The van der Waals surface area contributed by atoms with E-state index in [0.717, 1.165) is 0 Å². The molecule has 1 aromatic heterocycles. The van der Waals surface area contributed by atoms with Crippen molar-refractivity contribution >= 4 is 23.6 Å². The zero-order chi connectivity index (χ0) is 7.56. The highest BCUT2D eigenvalue weighted by Gasteiger charge is 2.07. The molecule has 0 aromatic carbocycles. The molecule has 10 heavy (non-hydrogen) atoms. The summed E-state index contributed by atoms with van der Waals surface area (Å²) < 4.78 is 4.52. The lowest BCUT2D eigenvalue weighted by Crippen LogP contribution is -1.64. The molecule has 0 aliphatic heterocycles. The molecule has 0 aliphatic rings. The van der Waals surface area contributed by atoms with Crippen molar-refractivity contribution < 1.29 is 9.32 Å². The summed E-state index contributed by atoms with van der Waals surface area (Å²) in [5.74, 6) is 0.00849. The first-order valence-electron chi connectivity index (χ1n) is 2.45. The molecule has 0 aliphatic carbocycles. The van der Waals surface area contributed by atoms with Gasteiger partial charge in [-0.3, -0.25) is 0 Å². The second kappa shape index (κ2) is 2.64. The molecule has 1 heterocycles. The fraction of sp³-hybridized carbons (Fsp3) is 0.200. The van der Waals surface area contributed by atoms with Crippen molar-refractivity contribution in [3.63, 3.8) is 0 Å². The second-order valence-electron chi connectivity index (χ2n) is 1.59. The molecule has 1 rings (SSSR count). The van der Waals surface area contributed by atoms with Gasteiger partial charge in [0.05, 0.1) is 0 Å². The van der Waals surface area contributed by atoms with Gasteiger partial charge in [-0.1, -0.05) is 16.8 Å². The molecule has 4 nitrogen and oxygen atoms in total. The molecule has 52 valence electrons. The summed E-state index contributed by atoms with van der Waals surface area (Å²) in [7, 11) is 0. The van der Waals surface area contributed by atoms with E-state index >= 15 is 0 Å². The van der Waals surface area contributed by atoms with Crippen molar-refractivity contribution in [2.45, 2.75) is 6.92 Å². The monoisotopic (exact) mass is 158 g/mol. The van der Waals surface area contributed by atoms with Crippen molar-refractivity contribution in [2.24, 2.45) is 4.99 Å². The SMILES string of the molecule is Cc1noc(N=C=O)c1Cl. The molecule has 0 atom stereocenters. The molecule has 0 bridgehead atoms. The van der Waals surface area contributed by atoms with Gasteiger partial charge in [0.15, 0.2) is 0 Å². The first-order chi connectivity index (χ1) is 4.75. The zero-order valence-electron chi connectivity index (χ0n) is 5.09. The van der Waals surface area contributed by atoms with Crippen LogP contribution >= 0.6 is 11.6 Å². The minimum atomic E-state index is 0.00849.